The Bertz CT molecular complexity index is 671. The summed E-state index contributed by atoms with van der Waals surface area (Å²) in [6, 6.07) is 1.66. The van der Waals surface area contributed by atoms with Crippen molar-refractivity contribution in [3.8, 4) is 11.8 Å². The van der Waals surface area contributed by atoms with Gasteiger partial charge in [0, 0.05) is 26.6 Å². The molecule has 1 aliphatic heterocycles. The molecule has 0 spiro atoms. The molecule has 3 heterocycles. The van der Waals surface area contributed by atoms with Gasteiger partial charge in [-0.2, -0.15) is 15.0 Å². The summed E-state index contributed by atoms with van der Waals surface area (Å²) >= 11 is 0. The summed E-state index contributed by atoms with van der Waals surface area (Å²) in [5.41, 5.74) is 0. The third kappa shape index (κ3) is 4.16. The third-order valence-electron chi connectivity index (χ3n) is 4.15. The Morgan fingerprint density at radius 2 is 1.92 bits per heavy atom. The summed E-state index contributed by atoms with van der Waals surface area (Å²) in [4.78, 5) is 15.4. The number of anilines is 1. The maximum absolute atomic E-state index is 5.44. The van der Waals surface area contributed by atoms with Crippen LogP contribution in [-0.4, -0.2) is 61.1 Å². The van der Waals surface area contributed by atoms with Crippen LogP contribution in [-0.2, 0) is 11.2 Å². The van der Waals surface area contributed by atoms with Crippen LogP contribution in [0.3, 0.4) is 0 Å². The van der Waals surface area contributed by atoms with Crippen LogP contribution in [0.15, 0.2) is 10.6 Å². The summed E-state index contributed by atoms with van der Waals surface area (Å²) in [6.07, 6.45) is 2.62. The molecule has 2 aromatic heterocycles. The molecule has 1 fully saturated rings. The van der Waals surface area contributed by atoms with E-state index in [4.69, 9.17) is 18.7 Å². The molecule has 1 atom stereocenters. The highest BCUT2D eigenvalue weighted by Crippen LogP contribution is 2.29. The molecule has 0 amide bonds. The van der Waals surface area contributed by atoms with E-state index in [0.717, 1.165) is 19.4 Å². The zero-order chi connectivity index (χ0) is 17.6. The zero-order valence-corrected chi connectivity index (χ0v) is 14.8. The van der Waals surface area contributed by atoms with Crippen LogP contribution in [0.5, 0.6) is 11.8 Å². The quantitative estimate of drug-likeness (QED) is 0.736. The van der Waals surface area contributed by atoms with E-state index in [9.17, 15) is 0 Å². The fraction of sp³-hybridized carbons (Fsp3) is 0.625. The maximum Gasteiger partial charge on any atom is 0.231 e. The molecule has 9 heteroatoms. The van der Waals surface area contributed by atoms with E-state index < -0.39 is 0 Å². The Morgan fingerprint density at radius 1 is 1.16 bits per heavy atom. The molecule has 9 nitrogen and oxygen atoms in total. The van der Waals surface area contributed by atoms with Crippen molar-refractivity contribution in [1.82, 2.24) is 20.1 Å². The monoisotopic (exact) mass is 349 g/mol. The molecule has 0 N–H and O–H groups in total. The van der Waals surface area contributed by atoms with E-state index in [0.29, 0.717) is 49.0 Å². The van der Waals surface area contributed by atoms with Crippen molar-refractivity contribution >= 4 is 5.95 Å². The standard InChI is InChI=1S/C16H23N5O4/c1-22-8-6-12-17-15(25-20-12)11-5-4-7-21(10-11)16-18-13(23-2)9-14(19-16)24-3/h9,11H,4-8,10H2,1-3H3/t11-/m1/s1. The summed E-state index contributed by atoms with van der Waals surface area (Å²) in [7, 11) is 4.80. The SMILES string of the molecule is COCCc1noc([C@@H]2CCCN(c3nc(OC)cc(OC)n3)C2)n1. The second kappa shape index (κ2) is 8.11. The van der Waals surface area contributed by atoms with Gasteiger partial charge in [-0.15, -0.1) is 0 Å². The van der Waals surface area contributed by atoms with Crippen molar-refractivity contribution in [1.29, 1.82) is 0 Å². The Balaban J connectivity index is 1.73. The van der Waals surface area contributed by atoms with Crippen molar-refractivity contribution < 1.29 is 18.7 Å². The lowest BCUT2D eigenvalue weighted by atomic mass is 9.98. The van der Waals surface area contributed by atoms with Crippen molar-refractivity contribution in [2.24, 2.45) is 0 Å². The molecular weight excluding hydrogens is 326 g/mol. The molecule has 0 unspecified atom stereocenters. The van der Waals surface area contributed by atoms with Gasteiger partial charge in [0.15, 0.2) is 5.82 Å². The van der Waals surface area contributed by atoms with Crippen LogP contribution in [0.1, 0.15) is 30.5 Å². The lowest BCUT2D eigenvalue weighted by Crippen LogP contribution is -2.35. The van der Waals surface area contributed by atoms with Gasteiger partial charge in [0.1, 0.15) is 0 Å². The number of piperidine rings is 1. The largest absolute Gasteiger partial charge is 0.481 e. The minimum atomic E-state index is 0.151. The van der Waals surface area contributed by atoms with Crippen LogP contribution in [0.4, 0.5) is 5.95 Å². The number of hydrogen-bond acceptors (Lipinski definition) is 9. The average molecular weight is 349 g/mol. The molecule has 1 saturated heterocycles. The first-order valence-electron chi connectivity index (χ1n) is 8.27. The van der Waals surface area contributed by atoms with Crippen LogP contribution in [0, 0.1) is 0 Å². The van der Waals surface area contributed by atoms with Crippen molar-refractivity contribution in [2.45, 2.75) is 25.2 Å². The number of ether oxygens (including phenoxy) is 3. The van der Waals surface area contributed by atoms with Crippen LogP contribution in [0.25, 0.3) is 0 Å². The molecule has 0 aromatic carbocycles. The molecule has 3 rings (SSSR count). The van der Waals surface area contributed by atoms with Crippen molar-refractivity contribution in [2.75, 3.05) is 45.9 Å². The Hall–Kier alpha value is -2.42. The van der Waals surface area contributed by atoms with E-state index in [1.54, 1.807) is 27.4 Å². The van der Waals surface area contributed by atoms with Gasteiger partial charge in [-0.05, 0) is 12.8 Å². The lowest BCUT2D eigenvalue weighted by Gasteiger charge is -2.31. The van der Waals surface area contributed by atoms with Gasteiger partial charge >= 0.3 is 0 Å². The van der Waals surface area contributed by atoms with Gasteiger partial charge in [-0.25, -0.2) is 0 Å². The van der Waals surface area contributed by atoms with E-state index in [1.807, 2.05) is 0 Å². The first kappa shape index (κ1) is 17.4. The zero-order valence-electron chi connectivity index (χ0n) is 14.8. The first-order valence-corrected chi connectivity index (χ1v) is 8.27. The second-order valence-electron chi connectivity index (χ2n) is 5.83. The van der Waals surface area contributed by atoms with Gasteiger partial charge in [-0.3, -0.25) is 0 Å². The van der Waals surface area contributed by atoms with E-state index in [2.05, 4.69) is 25.0 Å². The number of hydrogen-bond donors (Lipinski definition) is 0. The Kier molecular flexibility index (Phi) is 5.64. The molecule has 0 bridgehead atoms. The maximum atomic E-state index is 5.44. The van der Waals surface area contributed by atoms with Crippen molar-refractivity contribution in [3.63, 3.8) is 0 Å². The average Bonchev–Trinajstić information content (AvgIpc) is 3.15. The van der Waals surface area contributed by atoms with E-state index >= 15 is 0 Å². The fourth-order valence-electron chi connectivity index (χ4n) is 2.83. The molecule has 136 valence electrons. The molecule has 0 radical (unpaired) electrons. The number of rotatable bonds is 7. The van der Waals surface area contributed by atoms with E-state index in [-0.39, 0.29) is 5.92 Å². The Morgan fingerprint density at radius 3 is 2.60 bits per heavy atom. The lowest BCUT2D eigenvalue weighted by molar-refractivity contribution is 0.199. The van der Waals surface area contributed by atoms with Gasteiger partial charge in [0.25, 0.3) is 0 Å². The highest BCUT2D eigenvalue weighted by molar-refractivity contribution is 5.37. The molecular formula is C16H23N5O4. The molecule has 0 saturated carbocycles. The molecule has 0 aliphatic carbocycles. The summed E-state index contributed by atoms with van der Waals surface area (Å²) in [5, 5.41) is 4.03. The normalized spacial score (nSPS) is 17.6. The highest BCUT2D eigenvalue weighted by Gasteiger charge is 2.28. The Labute approximate surface area is 146 Å². The van der Waals surface area contributed by atoms with Crippen LogP contribution in [0.2, 0.25) is 0 Å². The number of nitrogens with zero attached hydrogens (tertiary/aromatic N) is 5. The minimum absolute atomic E-state index is 0.151. The summed E-state index contributed by atoms with van der Waals surface area (Å²) in [5.74, 6) is 3.02. The van der Waals surface area contributed by atoms with Gasteiger partial charge < -0.3 is 23.6 Å². The smallest absolute Gasteiger partial charge is 0.231 e. The number of methoxy groups -OCH3 is 3. The molecule has 1 aliphatic rings. The van der Waals surface area contributed by atoms with Crippen LogP contribution >= 0.6 is 0 Å². The first-order chi connectivity index (χ1) is 12.2. The van der Waals surface area contributed by atoms with Gasteiger partial charge in [0.05, 0.1) is 32.8 Å². The minimum Gasteiger partial charge on any atom is -0.481 e. The van der Waals surface area contributed by atoms with E-state index in [1.165, 1.54) is 0 Å². The van der Waals surface area contributed by atoms with Crippen molar-refractivity contribution in [3.05, 3.63) is 17.8 Å². The topological polar surface area (TPSA) is 95.6 Å². The number of aromatic nitrogens is 4. The molecule has 25 heavy (non-hydrogen) atoms. The van der Waals surface area contributed by atoms with Gasteiger partial charge in [0.2, 0.25) is 23.6 Å². The molecule has 2 aromatic rings. The predicted molar refractivity (Wildman–Crippen MR) is 89.2 cm³/mol. The summed E-state index contributed by atoms with van der Waals surface area (Å²) in [6.45, 7) is 2.15. The fourth-order valence-corrected chi connectivity index (χ4v) is 2.83. The third-order valence-corrected chi connectivity index (χ3v) is 4.15. The van der Waals surface area contributed by atoms with Crippen LogP contribution < -0.4 is 14.4 Å². The predicted octanol–water partition coefficient (Wildman–Crippen LogP) is 1.45. The summed E-state index contributed by atoms with van der Waals surface area (Å²) < 4.78 is 21.0. The second-order valence-corrected chi connectivity index (χ2v) is 5.83. The van der Waals surface area contributed by atoms with Gasteiger partial charge in [-0.1, -0.05) is 5.16 Å². The highest BCUT2D eigenvalue weighted by atomic mass is 16.5.